The fraction of sp³-hybridized carbons (Fsp3) is 0.385. The van der Waals surface area contributed by atoms with Crippen molar-refractivity contribution in [3.05, 3.63) is 42.0 Å². The zero-order chi connectivity index (χ0) is 12.8. The molecular formula is C13H17NO2S. The summed E-state index contributed by atoms with van der Waals surface area (Å²) in [5.74, 6) is 0. The molecule has 1 aromatic carbocycles. The molecule has 0 N–H and O–H groups in total. The molecule has 0 aliphatic carbocycles. The highest BCUT2D eigenvalue weighted by Gasteiger charge is 2.52. The first-order valence-electron chi connectivity index (χ1n) is 5.61. The minimum absolute atomic E-state index is 0.0267. The van der Waals surface area contributed by atoms with Crippen LogP contribution in [0, 0.1) is 6.92 Å². The lowest BCUT2D eigenvalue weighted by Gasteiger charge is -2.06. The Morgan fingerprint density at radius 1 is 1.29 bits per heavy atom. The topological polar surface area (TPSA) is 37.1 Å². The van der Waals surface area contributed by atoms with Crippen LogP contribution in [-0.4, -0.2) is 24.8 Å². The van der Waals surface area contributed by atoms with Gasteiger partial charge in [0.2, 0.25) is 10.0 Å². The minimum Gasteiger partial charge on any atom is -0.207 e. The summed E-state index contributed by atoms with van der Waals surface area (Å²) in [5.41, 5.74) is 1.95. The molecule has 2 rings (SSSR count). The lowest BCUT2D eigenvalue weighted by atomic mass is 10.2. The Labute approximate surface area is 103 Å². The largest absolute Gasteiger partial charge is 0.243 e. The summed E-state index contributed by atoms with van der Waals surface area (Å²) in [6, 6.07) is 6.93. The van der Waals surface area contributed by atoms with Crippen LogP contribution in [0.25, 0.3) is 0 Å². The van der Waals surface area contributed by atoms with E-state index in [4.69, 9.17) is 0 Å². The van der Waals surface area contributed by atoms with E-state index in [1.54, 1.807) is 12.1 Å². The fourth-order valence-electron chi connectivity index (χ4n) is 2.15. The minimum atomic E-state index is -3.35. The molecule has 0 spiro atoms. The van der Waals surface area contributed by atoms with Crippen LogP contribution >= 0.6 is 0 Å². The van der Waals surface area contributed by atoms with Crippen LogP contribution in [0.1, 0.15) is 19.4 Å². The quantitative estimate of drug-likeness (QED) is 0.611. The van der Waals surface area contributed by atoms with E-state index in [9.17, 15) is 8.42 Å². The predicted molar refractivity (Wildman–Crippen MR) is 68.3 cm³/mol. The van der Waals surface area contributed by atoms with Crippen molar-refractivity contribution in [2.45, 2.75) is 37.8 Å². The van der Waals surface area contributed by atoms with E-state index in [-0.39, 0.29) is 12.1 Å². The van der Waals surface area contributed by atoms with Gasteiger partial charge in [0, 0.05) is 6.04 Å². The molecule has 0 amide bonds. The summed E-state index contributed by atoms with van der Waals surface area (Å²) < 4.78 is 26.1. The van der Waals surface area contributed by atoms with Crippen molar-refractivity contribution in [1.82, 2.24) is 4.31 Å². The Morgan fingerprint density at radius 3 is 2.24 bits per heavy atom. The number of benzene rings is 1. The second kappa shape index (κ2) is 3.96. The van der Waals surface area contributed by atoms with Crippen LogP contribution < -0.4 is 0 Å². The average molecular weight is 251 g/mol. The molecule has 1 aromatic rings. The zero-order valence-electron chi connectivity index (χ0n) is 10.3. The van der Waals surface area contributed by atoms with E-state index >= 15 is 0 Å². The predicted octanol–water partition coefficient (Wildman–Crippen LogP) is 2.33. The van der Waals surface area contributed by atoms with E-state index in [0.717, 1.165) is 11.1 Å². The molecule has 1 saturated heterocycles. The first-order chi connectivity index (χ1) is 7.85. The molecule has 1 heterocycles. The maximum absolute atomic E-state index is 12.3. The standard InChI is InChI=1S/C13H17NO2S/c1-9(2)13-11(4)14(13)17(15,16)12-7-5-10(3)6-8-12/h5-8,11,13H,1H2,2-4H3. The van der Waals surface area contributed by atoms with E-state index in [0.29, 0.717) is 4.90 Å². The highest BCUT2D eigenvalue weighted by atomic mass is 32.2. The number of rotatable bonds is 3. The second-order valence-corrected chi connectivity index (χ2v) is 6.52. The van der Waals surface area contributed by atoms with Gasteiger partial charge in [-0.15, -0.1) is 0 Å². The molecule has 3 atom stereocenters. The summed E-state index contributed by atoms with van der Waals surface area (Å²) in [4.78, 5) is 0.360. The third-order valence-electron chi connectivity index (χ3n) is 3.14. The molecule has 92 valence electrons. The molecule has 1 fully saturated rings. The molecule has 17 heavy (non-hydrogen) atoms. The van der Waals surface area contributed by atoms with E-state index in [1.807, 2.05) is 32.9 Å². The molecule has 3 unspecified atom stereocenters. The average Bonchev–Trinajstić information content (AvgIpc) is 2.91. The highest BCUT2D eigenvalue weighted by molar-refractivity contribution is 7.89. The monoisotopic (exact) mass is 251 g/mol. The maximum atomic E-state index is 12.3. The van der Waals surface area contributed by atoms with Crippen molar-refractivity contribution in [2.24, 2.45) is 0 Å². The SMILES string of the molecule is C=C(C)C1C(C)N1S(=O)(=O)c1ccc(C)cc1. The third kappa shape index (κ3) is 2.03. The Hall–Kier alpha value is -1.13. The number of sulfonamides is 1. The van der Waals surface area contributed by atoms with Crippen molar-refractivity contribution in [3.63, 3.8) is 0 Å². The molecule has 4 heteroatoms. The van der Waals surface area contributed by atoms with Gasteiger partial charge in [0.15, 0.2) is 0 Å². The molecular weight excluding hydrogens is 234 g/mol. The summed E-state index contributed by atoms with van der Waals surface area (Å²) in [7, 11) is -3.35. The van der Waals surface area contributed by atoms with E-state index in [1.165, 1.54) is 4.31 Å². The van der Waals surface area contributed by atoms with E-state index in [2.05, 4.69) is 6.58 Å². The maximum Gasteiger partial charge on any atom is 0.243 e. The van der Waals surface area contributed by atoms with Gasteiger partial charge in [-0.05, 0) is 32.9 Å². The van der Waals surface area contributed by atoms with Crippen molar-refractivity contribution in [1.29, 1.82) is 0 Å². The van der Waals surface area contributed by atoms with Gasteiger partial charge in [-0.1, -0.05) is 29.8 Å². The fourth-order valence-corrected chi connectivity index (χ4v) is 4.03. The zero-order valence-corrected chi connectivity index (χ0v) is 11.2. The van der Waals surface area contributed by atoms with Crippen LogP contribution in [0.2, 0.25) is 0 Å². The Morgan fingerprint density at radius 2 is 1.82 bits per heavy atom. The lowest BCUT2D eigenvalue weighted by molar-refractivity contribution is 0.550. The Kier molecular flexibility index (Phi) is 2.87. The van der Waals surface area contributed by atoms with Gasteiger partial charge in [0.05, 0.1) is 10.9 Å². The lowest BCUT2D eigenvalue weighted by Crippen LogP contribution is -2.15. The van der Waals surface area contributed by atoms with Crippen LogP contribution in [0.5, 0.6) is 0 Å². The smallest absolute Gasteiger partial charge is 0.207 e. The molecule has 0 aromatic heterocycles. The van der Waals surface area contributed by atoms with Gasteiger partial charge in [0.25, 0.3) is 0 Å². The van der Waals surface area contributed by atoms with Gasteiger partial charge in [-0.3, -0.25) is 0 Å². The number of hydrogen-bond acceptors (Lipinski definition) is 2. The van der Waals surface area contributed by atoms with Crippen LogP contribution in [0.15, 0.2) is 41.3 Å². The van der Waals surface area contributed by atoms with Gasteiger partial charge < -0.3 is 0 Å². The summed E-state index contributed by atoms with van der Waals surface area (Å²) >= 11 is 0. The normalized spacial score (nSPS) is 27.8. The summed E-state index contributed by atoms with van der Waals surface area (Å²) in [5, 5.41) is 0. The molecule has 1 aliphatic heterocycles. The molecule has 0 bridgehead atoms. The van der Waals surface area contributed by atoms with Crippen molar-refractivity contribution >= 4 is 10.0 Å². The van der Waals surface area contributed by atoms with Crippen molar-refractivity contribution < 1.29 is 8.42 Å². The first kappa shape index (κ1) is 12.3. The molecule has 0 radical (unpaired) electrons. The second-order valence-electron chi connectivity index (χ2n) is 4.68. The number of aryl methyl sites for hydroxylation is 1. The summed E-state index contributed by atoms with van der Waals surface area (Å²) in [6.45, 7) is 9.55. The first-order valence-corrected chi connectivity index (χ1v) is 7.05. The van der Waals surface area contributed by atoms with Crippen molar-refractivity contribution in [2.75, 3.05) is 0 Å². The van der Waals surface area contributed by atoms with Crippen LogP contribution in [0.4, 0.5) is 0 Å². The van der Waals surface area contributed by atoms with Gasteiger partial charge in [0.1, 0.15) is 0 Å². The van der Waals surface area contributed by atoms with Crippen molar-refractivity contribution in [3.8, 4) is 0 Å². The third-order valence-corrected chi connectivity index (χ3v) is 5.13. The number of nitrogens with zero attached hydrogens (tertiary/aromatic N) is 1. The molecule has 1 aliphatic rings. The molecule has 0 saturated carbocycles. The Bertz CT molecular complexity index is 545. The number of hydrogen-bond donors (Lipinski definition) is 0. The van der Waals surface area contributed by atoms with Crippen LogP contribution in [0.3, 0.4) is 0 Å². The highest BCUT2D eigenvalue weighted by Crippen LogP contribution is 2.39. The van der Waals surface area contributed by atoms with Gasteiger partial charge in [-0.2, -0.15) is 4.31 Å². The molecule has 3 nitrogen and oxygen atoms in total. The Balaban J connectivity index is 2.33. The van der Waals surface area contributed by atoms with Crippen LogP contribution in [-0.2, 0) is 10.0 Å². The summed E-state index contributed by atoms with van der Waals surface area (Å²) in [6.07, 6.45) is 0. The van der Waals surface area contributed by atoms with E-state index < -0.39 is 10.0 Å². The van der Waals surface area contributed by atoms with Gasteiger partial charge in [-0.25, -0.2) is 8.42 Å². The van der Waals surface area contributed by atoms with Gasteiger partial charge >= 0.3 is 0 Å².